The van der Waals surface area contributed by atoms with Gasteiger partial charge in [0.05, 0.1) is 6.33 Å². The molecule has 0 spiro atoms. The van der Waals surface area contributed by atoms with Crippen LogP contribution in [0.25, 0.3) is 0 Å². The number of hydrogen-bond acceptors (Lipinski definition) is 2. The average molecular weight is 243 g/mol. The fourth-order valence-electron chi connectivity index (χ4n) is 2.03. The summed E-state index contributed by atoms with van der Waals surface area (Å²) in [5.41, 5.74) is 2.75. The van der Waals surface area contributed by atoms with Crippen LogP contribution in [-0.2, 0) is 13.0 Å². The van der Waals surface area contributed by atoms with Crippen LogP contribution in [0.3, 0.4) is 0 Å². The zero-order chi connectivity index (χ0) is 12.6. The Hall–Kier alpha value is -1.61. The first-order valence-corrected chi connectivity index (χ1v) is 6.56. The maximum Gasteiger partial charge on any atom is 0.0945 e. The van der Waals surface area contributed by atoms with Crippen molar-refractivity contribution in [3.05, 3.63) is 54.1 Å². The van der Waals surface area contributed by atoms with Crippen LogP contribution in [0.5, 0.6) is 0 Å². The van der Waals surface area contributed by atoms with E-state index in [0.29, 0.717) is 0 Å². The first kappa shape index (κ1) is 12.8. The molecule has 96 valence electrons. The minimum atomic E-state index is 1.04. The van der Waals surface area contributed by atoms with E-state index in [2.05, 4.69) is 46.1 Å². The minimum absolute atomic E-state index is 1.04. The molecular weight excluding hydrogens is 222 g/mol. The highest BCUT2D eigenvalue weighted by Crippen LogP contribution is 2.03. The molecule has 3 heteroatoms. The molecular formula is C15H21N3. The van der Waals surface area contributed by atoms with Gasteiger partial charge < -0.3 is 9.88 Å². The lowest BCUT2D eigenvalue weighted by Crippen LogP contribution is -2.19. The summed E-state index contributed by atoms with van der Waals surface area (Å²) >= 11 is 0. The molecule has 0 atom stereocenters. The molecule has 1 N–H and O–H groups in total. The molecule has 0 aliphatic rings. The van der Waals surface area contributed by atoms with Crippen LogP contribution in [0.15, 0.2) is 43.0 Å². The number of hydrogen-bond donors (Lipinski definition) is 1. The smallest absolute Gasteiger partial charge is 0.0945 e. The third kappa shape index (κ3) is 4.34. The minimum Gasteiger partial charge on any atom is -0.337 e. The zero-order valence-electron chi connectivity index (χ0n) is 11.0. The lowest BCUT2D eigenvalue weighted by atomic mass is 10.1. The van der Waals surface area contributed by atoms with Gasteiger partial charge in [0.25, 0.3) is 0 Å². The van der Waals surface area contributed by atoms with Crippen LogP contribution in [0.1, 0.15) is 17.5 Å². The van der Waals surface area contributed by atoms with E-state index < -0.39 is 0 Å². The van der Waals surface area contributed by atoms with E-state index in [4.69, 9.17) is 0 Å². The van der Waals surface area contributed by atoms with Crippen molar-refractivity contribution in [3.63, 3.8) is 0 Å². The topological polar surface area (TPSA) is 29.9 Å². The lowest BCUT2D eigenvalue weighted by molar-refractivity contribution is 0.581. The molecule has 0 saturated heterocycles. The zero-order valence-corrected chi connectivity index (χ0v) is 11.0. The Labute approximate surface area is 109 Å². The molecule has 1 aromatic heterocycles. The molecule has 0 saturated carbocycles. The summed E-state index contributed by atoms with van der Waals surface area (Å²) in [6.45, 7) is 5.29. The summed E-state index contributed by atoms with van der Waals surface area (Å²) in [6.07, 6.45) is 7.95. The summed E-state index contributed by atoms with van der Waals surface area (Å²) < 4.78 is 2.11. The van der Waals surface area contributed by atoms with Gasteiger partial charge in [-0.2, -0.15) is 0 Å². The van der Waals surface area contributed by atoms with Crippen LogP contribution in [-0.4, -0.2) is 22.6 Å². The van der Waals surface area contributed by atoms with E-state index in [1.165, 1.54) is 11.1 Å². The molecule has 0 aliphatic heterocycles. The number of nitrogens with one attached hydrogen (secondary N) is 1. The second-order valence-electron chi connectivity index (χ2n) is 4.64. The highest BCUT2D eigenvalue weighted by atomic mass is 15.0. The van der Waals surface area contributed by atoms with E-state index in [9.17, 15) is 0 Å². The number of imidazole rings is 1. The summed E-state index contributed by atoms with van der Waals surface area (Å²) in [7, 11) is 0. The van der Waals surface area contributed by atoms with Crippen molar-refractivity contribution in [2.24, 2.45) is 0 Å². The molecule has 1 aromatic carbocycles. The van der Waals surface area contributed by atoms with Crippen LogP contribution in [0.2, 0.25) is 0 Å². The van der Waals surface area contributed by atoms with Gasteiger partial charge in [0.15, 0.2) is 0 Å². The third-order valence-corrected chi connectivity index (χ3v) is 3.00. The molecule has 3 nitrogen and oxygen atoms in total. The molecule has 2 rings (SSSR count). The van der Waals surface area contributed by atoms with Gasteiger partial charge in [0.2, 0.25) is 0 Å². The van der Waals surface area contributed by atoms with Crippen molar-refractivity contribution in [2.75, 3.05) is 13.1 Å². The Morgan fingerprint density at radius 3 is 3.00 bits per heavy atom. The maximum atomic E-state index is 4.03. The Balaban J connectivity index is 1.56. The monoisotopic (exact) mass is 243 g/mol. The Bertz CT molecular complexity index is 449. The highest BCUT2D eigenvalue weighted by Gasteiger charge is 1.94. The highest BCUT2D eigenvalue weighted by molar-refractivity contribution is 5.22. The van der Waals surface area contributed by atoms with Gasteiger partial charge in [-0.05, 0) is 38.4 Å². The quantitative estimate of drug-likeness (QED) is 0.757. The molecule has 0 amide bonds. The van der Waals surface area contributed by atoms with Gasteiger partial charge in [-0.15, -0.1) is 0 Å². The Kier molecular flexibility index (Phi) is 4.97. The van der Waals surface area contributed by atoms with E-state index in [1.54, 1.807) is 0 Å². The van der Waals surface area contributed by atoms with Gasteiger partial charge in [-0.3, -0.25) is 0 Å². The number of nitrogens with zero attached hydrogens (tertiary/aromatic N) is 2. The van der Waals surface area contributed by atoms with Gasteiger partial charge >= 0.3 is 0 Å². The summed E-state index contributed by atoms with van der Waals surface area (Å²) in [5, 5.41) is 3.48. The predicted octanol–water partition coefficient (Wildman–Crippen LogP) is 2.41. The predicted molar refractivity (Wildman–Crippen MR) is 74.6 cm³/mol. The standard InChI is InChI=1S/C15H21N3/c1-14-4-2-5-15(12-14)6-8-16-7-3-10-18-11-9-17-13-18/h2,4-5,9,11-13,16H,3,6-8,10H2,1H3. The number of aromatic nitrogens is 2. The number of aryl methyl sites for hydroxylation is 2. The third-order valence-electron chi connectivity index (χ3n) is 3.00. The fourth-order valence-corrected chi connectivity index (χ4v) is 2.03. The van der Waals surface area contributed by atoms with Crippen LogP contribution in [0.4, 0.5) is 0 Å². The van der Waals surface area contributed by atoms with Crippen molar-refractivity contribution >= 4 is 0 Å². The largest absolute Gasteiger partial charge is 0.337 e. The normalized spacial score (nSPS) is 10.7. The number of benzene rings is 1. The fraction of sp³-hybridized carbons (Fsp3) is 0.400. The van der Waals surface area contributed by atoms with E-state index in [0.717, 1.165) is 32.5 Å². The van der Waals surface area contributed by atoms with Crippen LogP contribution >= 0.6 is 0 Å². The van der Waals surface area contributed by atoms with Gasteiger partial charge in [0.1, 0.15) is 0 Å². The van der Waals surface area contributed by atoms with E-state index in [1.807, 2.05) is 18.7 Å². The van der Waals surface area contributed by atoms with Crippen LogP contribution < -0.4 is 5.32 Å². The van der Waals surface area contributed by atoms with Crippen molar-refractivity contribution in [1.29, 1.82) is 0 Å². The molecule has 0 unspecified atom stereocenters. The molecule has 0 fully saturated rings. The second-order valence-corrected chi connectivity index (χ2v) is 4.64. The summed E-state index contributed by atoms with van der Waals surface area (Å²) in [6, 6.07) is 8.72. The van der Waals surface area contributed by atoms with Crippen molar-refractivity contribution in [2.45, 2.75) is 26.3 Å². The van der Waals surface area contributed by atoms with Crippen molar-refractivity contribution in [1.82, 2.24) is 14.9 Å². The SMILES string of the molecule is Cc1cccc(CCNCCCn2ccnc2)c1. The molecule has 0 aliphatic carbocycles. The summed E-state index contributed by atoms with van der Waals surface area (Å²) in [5.74, 6) is 0. The molecule has 0 bridgehead atoms. The molecule has 1 heterocycles. The molecule has 0 radical (unpaired) electrons. The lowest BCUT2D eigenvalue weighted by Gasteiger charge is -2.06. The van der Waals surface area contributed by atoms with Crippen LogP contribution in [0, 0.1) is 6.92 Å². The maximum absolute atomic E-state index is 4.03. The molecule has 2 aromatic rings. The van der Waals surface area contributed by atoms with Crippen molar-refractivity contribution < 1.29 is 0 Å². The van der Waals surface area contributed by atoms with Gasteiger partial charge in [-0.1, -0.05) is 29.8 Å². The summed E-state index contributed by atoms with van der Waals surface area (Å²) in [4.78, 5) is 4.03. The Morgan fingerprint density at radius 1 is 1.28 bits per heavy atom. The Morgan fingerprint density at radius 2 is 2.22 bits per heavy atom. The average Bonchev–Trinajstić information content (AvgIpc) is 2.87. The van der Waals surface area contributed by atoms with E-state index >= 15 is 0 Å². The first-order chi connectivity index (χ1) is 8.84. The molecule has 18 heavy (non-hydrogen) atoms. The number of rotatable bonds is 7. The second kappa shape index (κ2) is 6.97. The van der Waals surface area contributed by atoms with Crippen molar-refractivity contribution in [3.8, 4) is 0 Å². The van der Waals surface area contributed by atoms with Gasteiger partial charge in [-0.25, -0.2) is 4.98 Å². The van der Waals surface area contributed by atoms with Gasteiger partial charge in [0, 0.05) is 18.9 Å². The first-order valence-electron chi connectivity index (χ1n) is 6.56. The van der Waals surface area contributed by atoms with E-state index in [-0.39, 0.29) is 0 Å².